The third-order valence-electron chi connectivity index (χ3n) is 2.81. The van der Waals surface area contributed by atoms with Crippen LogP contribution >= 0.6 is 11.3 Å². The summed E-state index contributed by atoms with van der Waals surface area (Å²) in [5.41, 5.74) is 1.40. The summed E-state index contributed by atoms with van der Waals surface area (Å²) in [4.78, 5) is 17.4. The van der Waals surface area contributed by atoms with Gasteiger partial charge in [-0.2, -0.15) is 0 Å². The average molecular weight is 289 g/mol. The van der Waals surface area contributed by atoms with Crippen molar-refractivity contribution in [1.29, 1.82) is 0 Å². The first-order valence-electron chi connectivity index (χ1n) is 6.80. The van der Waals surface area contributed by atoms with Crippen molar-refractivity contribution in [2.75, 3.05) is 18.4 Å². The first-order valence-corrected chi connectivity index (χ1v) is 7.68. The lowest BCUT2D eigenvalue weighted by Crippen LogP contribution is -2.26. The van der Waals surface area contributed by atoms with Gasteiger partial charge in [-0.05, 0) is 36.4 Å². The topological polar surface area (TPSA) is 54.0 Å². The van der Waals surface area contributed by atoms with Gasteiger partial charge in [0.2, 0.25) is 0 Å². The normalized spacial score (nSPS) is 10.2. The Bertz CT molecular complexity index is 523. The summed E-state index contributed by atoms with van der Waals surface area (Å²) in [6.45, 7) is 3.65. The molecular formula is C15H19N3OS. The van der Waals surface area contributed by atoms with E-state index in [0.29, 0.717) is 12.2 Å². The number of nitrogens with one attached hydrogen (secondary N) is 2. The molecule has 1 amide bonds. The molecule has 0 aliphatic rings. The van der Waals surface area contributed by atoms with Crippen LogP contribution in [0, 0.1) is 0 Å². The summed E-state index contributed by atoms with van der Waals surface area (Å²) in [5, 5.41) is 8.16. The number of carbonyl (C=O) groups is 1. The van der Waals surface area contributed by atoms with Crippen molar-refractivity contribution in [3.8, 4) is 0 Å². The third kappa shape index (κ3) is 4.35. The Balaban J connectivity index is 1.79. The lowest BCUT2D eigenvalue weighted by Gasteiger charge is -2.06. The molecule has 2 aromatic heterocycles. The molecule has 2 rings (SSSR count). The Labute approximate surface area is 123 Å². The number of aromatic nitrogens is 1. The predicted molar refractivity (Wildman–Crippen MR) is 83.4 cm³/mol. The molecule has 0 aromatic carbocycles. The summed E-state index contributed by atoms with van der Waals surface area (Å²) < 4.78 is 0. The highest BCUT2D eigenvalue weighted by atomic mass is 32.1. The van der Waals surface area contributed by atoms with Crippen molar-refractivity contribution in [2.45, 2.75) is 19.8 Å². The van der Waals surface area contributed by atoms with Crippen LogP contribution in [-0.2, 0) is 6.42 Å². The molecule has 0 aliphatic carbocycles. The van der Waals surface area contributed by atoms with E-state index in [1.54, 1.807) is 23.6 Å². The molecule has 0 radical (unpaired) electrons. The molecule has 0 bridgehead atoms. The number of nitrogens with zero attached hydrogens (tertiary/aromatic N) is 1. The average Bonchev–Trinajstić information content (AvgIpc) is 2.99. The molecule has 0 unspecified atom stereocenters. The lowest BCUT2D eigenvalue weighted by molar-refractivity contribution is 0.0949. The number of pyridine rings is 1. The fourth-order valence-electron chi connectivity index (χ4n) is 1.75. The monoisotopic (exact) mass is 289 g/mol. The maximum atomic E-state index is 11.9. The van der Waals surface area contributed by atoms with Gasteiger partial charge in [-0.25, -0.2) is 4.98 Å². The highest BCUT2D eigenvalue weighted by molar-refractivity contribution is 7.09. The van der Waals surface area contributed by atoms with Gasteiger partial charge >= 0.3 is 0 Å². The smallest absolute Gasteiger partial charge is 0.269 e. The zero-order valence-electron chi connectivity index (χ0n) is 11.6. The van der Waals surface area contributed by atoms with Crippen LogP contribution in [-0.4, -0.2) is 24.0 Å². The van der Waals surface area contributed by atoms with Crippen molar-refractivity contribution in [1.82, 2.24) is 10.3 Å². The second-order valence-electron chi connectivity index (χ2n) is 4.44. The van der Waals surface area contributed by atoms with E-state index in [1.807, 2.05) is 17.5 Å². The first kappa shape index (κ1) is 14.5. The molecule has 2 aromatic rings. The summed E-state index contributed by atoms with van der Waals surface area (Å²) in [6, 6.07) is 7.73. The third-order valence-corrected chi connectivity index (χ3v) is 3.75. The number of anilines is 1. The highest BCUT2D eigenvalue weighted by Crippen LogP contribution is 2.09. The van der Waals surface area contributed by atoms with Crippen molar-refractivity contribution in [2.24, 2.45) is 0 Å². The van der Waals surface area contributed by atoms with E-state index in [9.17, 15) is 4.79 Å². The second kappa shape index (κ2) is 7.65. The molecule has 0 saturated carbocycles. The quantitative estimate of drug-likeness (QED) is 0.824. The number of amides is 1. The maximum Gasteiger partial charge on any atom is 0.269 e. The number of hydrogen-bond acceptors (Lipinski definition) is 4. The number of hydrogen-bond donors (Lipinski definition) is 2. The van der Waals surface area contributed by atoms with E-state index < -0.39 is 0 Å². The zero-order chi connectivity index (χ0) is 14.2. The minimum Gasteiger partial charge on any atom is -0.384 e. The van der Waals surface area contributed by atoms with Crippen molar-refractivity contribution >= 4 is 22.9 Å². The molecule has 0 spiro atoms. The van der Waals surface area contributed by atoms with Gasteiger partial charge in [-0.3, -0.25) is 4.79 Å². The lowest BCUT2D eigenvalue weighted by atomic mass is 10.3. The van der Waals surface area contributed by atoms with E-state index in [4.69, 9.17) is 0 Å². The minimum atomic E-state index is -0.122. The van der Waals surface area contributed by atoms with Gasteiger partial charge < -0.3 is 10.6 Å². The van der Waals surface area contributed by atoms with Gasteiger partial charge in [-0.15, -0.1) is 11.3 Å². The maximum absolute atomic E-state index is 11.9. The highest BCUT2D eigenvalue weighted by Gasteiger charge is 2.06. The number of carbonyl (C=O) groups excluding carboxylic acids is 1. The zero-order valence-corrected chi connectivity index (χ0v) is 12.4. The Morgan fingerprint density at radius 2 is 2.20 bits per heavy atom. The largest absolute Gasteiger partial charge is 0.384 e. The summed E-state index contributed by atoms with van der Waals surface area (Å²) in [6.07, 6.45) is 3.62. The molecule has 0 aliphatic heterocycles. The summed E-state index contributed by atoms with van der Waals surface area (Å²) in [5.74, 6) is -0.122. The van der Waals surface area contributed by atoms with Crippen LogP contribution in [0.1, 0.15) is 28.7 Å². The van der Waals surface area contributed by atoms with Crippen LogP contribution in [0.15, 0.2) is 35.8 Å². The number of thiophene rings is 1. The molecule has 0 atom stereocenters. The van der Waals surface area contributed by atoms with E-state index in [-0.39, 0.29) is 5.91 Å². The van der Waals surface area contributed by atoms with Crippen molar-refractivity contribution < 1.29 is 4.79 Å². The van der Waals surface area contributed by atoms with Crippen molar-refractivity contribution in [3.05, 3.63) is 46.4 Å². The van der Waals surface area contributed by atoms with Crippen LogP contribution in [0.4, 0.5) is 5.69 Å². The van der Waals surface area contributed by atoms with Gasteiger partial charge in [0.05, 0.1) is 11.9 Å². The molecule has 106 valence electrons. The molecule has 20 heavy (non-hydrogen) atoms. The molecular weight excluding hydrogens is 270 g/mol. The summed E-state index contributed by atoms with van der Waals surface area (Å²) in [7, 11) is 0. The Morgan fingerprint density at radius 3 is 2.85 bits per heavy atom. The molecule has 4 nitrogen and oxygen atoms in total. The van der Waals surface area contributed by atoms with Gasteiger partial charge in [0.15, 0.2) is 0 Å². The van der Waals surface area contributed by atoms with Crippen LogP contribution in [0.3, 0.4) is 0 Å². The van der Waals surface area contributed by atoms with Gasteiger partial charge in [0.1, 0.15) is 5.69 Å². The van der Waals surface area contributed by atoms with Crippen LogP contribution in [0.25, 0.3) is 0 Å². The predicted octanol–water partition coefficient (Wildman–Crippen LogP) is 2.94. The first-order chi connectivity index (χ1) is 9.79. The summed E-state index contributed by atoms with van der Waals surface area (Å²) >= 11 is 1.70. The van der Waals surface area contributed by atoms with E-state index in [0.717, 1.165) is 25.1 Å². The Kier molecular flexibility index (Phi) is 5.55. The van der Waals surface area contributed by atoms with Crippen LogP contribution in [0.2, 0.25) is 0 Å². The Hall–Kier alpha value is -1.88. The van der Waals surface area contributed by atoms with Gasteiger partial charge in [0, 0.05) is 18.0 Å². The standard InChI is InChI=1S/C15H19N3OS/c1-2-8-16-12-5-6-14(18-11-12)15(19)17-9-7-13-4-3-10-20-13/h3-6,10-11,16H,2,7-9H2,1H3,(H,17,19). The van der Waals surface area contributed by atoms with Gasteiger partial charge in [-0.1, -0.05) is 13.0 Å². The second-order valence-corrected chi connectivity index (χ2v) is 5.48. The molecule has 0 saturated heterocycles. The SMILES string of the molecule is CCCNc1ccc(C(=O)NCCc2cccs2)nc1. The molecule has 2 heterocycles. The molecule has 5 heteroatoms. The Morgan fingerprint density at radius 1 is 1.30 bits per heavy atom. The fourth-order valence-corrected chi connectivity index (χ4v) is 2.46. The number of rotatable bonds is 7. The molecule has 2 N–H and O–H groups in total. The van der Waals surface area contributed by atoms with E-state index in [1.165, 1.54) is 4.88 Å². The van der Waals surface area contributed by atoms with E-state index in [2.05, 4.69) is 28.6 Å². The van der Waals surface area contributed by atoms with Crippen LogP contribution in [0.5, 0.6) is 0 Å². The van der Waals surface area contributed by atoms with Crippen molar-refractivity contribution in [3.63, 3.8) is 0 Å². The molecule has 0 fully saturated rings. The fraction of sp³-hybridized carbons (Fsp3) is 0.333. The van der Waals surface area contributed by atoms with E-state index >= 15 is 0 Å². The minimum absolute atomic E-state index is 0.122. The van der Waals surface area contributed by atoms with Gasteiger partial charge in [0.25, 0.3) is 5.91 Å². The van der Waals surface area contributed by atoms with Crippen LogP contribution < -0.4 is 10.6 Å².